The zero-order valence-electron chi connectivity index (χ0n) is 17.6. The summed E-state index contributed by atoms with van der Waals surface area (Å²) in [6, 6.07) is 9.98. The minimum atomic E-state index is -0.881. The van der Waals surface area contributed by atoms with Gasteiger partial charge in [-0.15, -0.1) is 0 Å². The van der Waals surface area contributed by atoms with Crippen LogP contribution < -0.4 is 0 Å². The van der Waals surface area contributed by atoms with Crippen LogP contribution in [0.4, 0.5) is 0 Å². The first kappa shape index (κ1) is 23.1. The number of benzene rings is 1. The van der Waals surface area contributed by atoms with Crippen molar-refractivity contribution in [3.05, 3.63) is 60.2 Å². The smallest absolute Gasteiger partial charge is 0.310 e. The van der Waals surface area contributed by atoms with Gasteiger partial charge in [-0.05, 0) is 49.5 Å². The van der Waals surface area contributed by atoms with E-state index in [-0.39, 0.29) is 5.92 Å². The largest absolute Gasteiger partial charge is 0.481 e. The average Bonchev–Trinajstić information content (AvgIpc) is 3.08. The highest BCUT2D eigenvalue weighted by atomic mass is 16.4. The second-order valence-electron chi connectivity index (χ2n) is 8.77. The minimum Gasteiger partial charge on any atom is -0.481 e. The second-order valence-corrected chi connectivity index (χ2v) is 8.77. The molecule has 1 fully saturated rings. The molecule has 0 unspecified atom stereocenters. The van der Waals surface area contributed by atoms with Crippen molar-refractivity contribution < 1.29 is 19.8 Å². The molecule has 158 valence electrons. The van der Waals surface area contributed by atoms with Crippen LogP contribution in [-0.4, -0.2) is 28.1 Å². The highest BCUT2D eigenvalue weighted by molar-refractivity contribution is 5.82. The Bertz CT molecular complexity index is 718. The molecule has 0 bridgehead atoms. The zero-order valence-corrected chi connectivity index (χ0v) is 17.6. The molecule has 4 nitrogen and oxygen atoms in total. The van der Waals surface area contributed by atoms with Gasteiger partial charge >= 0.3 is 5.97 Å². The van der Waals surface area contributed by atoms with E-state index in [2.05, 4.69) is 0 Å². The minimum absolute atomic E-state index is 0.156. The molecular formula is C25H34O4. The lowest BCUT2D eigenvalue weighted by atomic mass is 9.80. The Kier molecular flexibility index (Phi) is 8.84. The van der Waals surface area contributed by atoms with Crippen LogP contribution in [0, 0.1) is 17.3 Å². The number of carboxylic acid groups (broad SMARTS) is 1. The monoisotopic (exact) mass is 398 g/mol. The van der Waals surface area contributed by atoms with Gasteiger partial charge in [-0.2, -0.15) is 0 Å². The maximum absolute atomic E-state index is 11.6. The van der Waals surface area contributed by atoms with Gasteiger partial charge < -0.3 is 10.2 Å². The fraction of sp³-hybridized carbons (Fsp3) is 0.520. The average molecular weight is 399 g/mol. The van der Waals surface area contributed by atoms with Crippen molar-refractivity contribution in [3.8, 4) is 0 Å². The molecule has 29 heavy (non-hydrogen) atoms. The number of rotatable bonds is 11. The fourth-order valence-corrected chi connectivity index (χ4v) is 3.82. The number of carboxylic acids is 1. The van der Waals surface area contributed by atoms with Gasteiger partial charge in [0.1, 0.15) is 5.78 Å². The van der Waals surface area contributed by atoms with E-state index in [9.17, 15) is 19.8 Å². The number of aliphatic carboxylic acids is 1. The molecule has 0 heterocycles. The highest BCUT2D eigenvalue weighted by Crippen LogP contribution is 2.28. The van der Waals surface area contributed by atoms with Crippen molar-refractivity contribution in [1.29, 1.82) is 0 Å². The van der Waals surface area contributed by atoms with E-state index in [4.69, 9.17) is 0 Å². The normalized spacial score (nSPS) is 19.8. The summed E-state index contributed by atoms with van der Waals surface area (Å²) in [4.78, 5) is 23.2. The predicted octanol–water partition coefficient (Wildman–Crippen LogP) is 4.97. The van der Waals surface area contributed by atoms with Gasteiger partial charge in [0, 0.05) is 12.3 Å². The van der Waals surface area contributed by atoms with Crippen molar-refractivity contribution in [2.75, 3.05) is 0 Å². The van der Waals surface area contributed by atoms with Gasteiger partial charge in [0.05, 0.1) is 12.0 Å². The first-order valence-electron chi connectivity index (χ1n) is 10.6. The van der Waals surface area contributed by atoms with Gasteiger partial charge in [0.15, 0.2) is 0 Å². The maximum atomic E-state index is 11.6. The van der Waals surface area contributed by atoms with Gasteiger partial charge in [0.25, 0.3) is 0 Å². The second kappa shape index (κ2) is 11.1. The Morgan fingerprint density at radius 2 is 1.93 bits per heavy atom. The van der Waals surface area contributed by atoms with Crippen molar-refractivity contribution in [3.63, 3.8) is 0 Å². The first-order valence-corrected chi connectivity index (χ1v) is 10.6. The number of ketones is 1. The summed E-state index contributed by atoms with van der Waals surface area (Å²) < 4.78 is 0. The molecule has 0 aliphatic heterocycles. The molecule has 4 heteroatoms. The molecule has 0 aromatic heterocycles. The number of hydrogen-bond donors (Lipinski definition) is 2. The van der Waals surface area contributed by atoms with Crippen LogP contribution in [0.3, 0.4) is 0 Å². The van der Waals surface area contributed by atoms with Crippen LogP contribution in [-0.2, 0) is 16.0 Å². The summed E-state index contributed by atoms with van der Waals surface area (Å²) in [5.41, 5.74) is 0.750. The van der Waals surface area contributed by atoms with Crippen molar-refractivity contribution in [2.45, 2.75) is 64.9 Å². The molecule has 2 N–H and O–H groups in total. The first-order chi connectivity index (χ1) is 13.8. The third-order valence-corrected chi connectivity index (χ3v) is 5.81. The Labute approximate surface area is 174 Å². The summed E-state index contributed by atoms with van der Waals surface area (Å²) in [5, 5.41) is 20.1. The number of carbonyl (C=O) groups excluding carboxylic acids is 1. The topological polar surface area (TPSA) is 74.6 Å². The SMILES string of the molecule is CC(C)(Cc1ccccc1)[C@H](O)/C=C\[C@H](CC/C=C/C[C@@H]1CCCC1=O)C(=O)O. The summed E-state index contributed by atoms with van der Waals surface area (Å²) in [6.07, 6.45) is 11.8. The van der Waals surface area contributed by atoms with Gasteiger partial charge in [0.2, 0.25) is 0 Å². The standard InChI is InChI=1S/C25H34O4/c1-25(2,18-19-10-5-3-6-11-19)23(27)17-16-21(24(28)29)13-8-4-7-12-20-14-9-15-22(20)26/h3-7,10-11,16-17,20-21,23,27H,8-9,12-15,18H2,1-2H3,(H,28,29)/b7-4+,17-16-/t20-,21+,23-/m1/s1. The molecule has 0 spiro atoms. The van der Waals surface area contributed by atoms with E-state index in [0.717, 1.165) is 24.8 Å². The van der Waals surface area contributed by atoms with Crippen LogP contribution in [0.25, 0.3) is 0 Å². The molecule has 0 radical (unpaired) electrons. The lowest BCUT2D eigenvalue weighted by Gasteiger charge is -2.29. The van der Waals surface area contributed by atoms with Crippen LogP contribution in [0.2, 0.25) is 0 Å². The Hall–Kier alpha value is -2.20. The van der Waals surface area contributed by atoms with Crippen LogP contribution in [0.5, 0.6) is 0 Å². The van der Waals surface area contributed by atoms with E-state index in [0.29, 0.717) is 31.5 Å². The van der Waals surface area contributed by atoms with Crippen LogP contribution in [0.1, 0.15) is 57.9 Å². The summed E-state index contributed by atoms with van der Waals surface area (Å²) >= 11 is 0. The number of hydrogen-bond acceptors (Lipinski definition) is 3. The Morgan fingerprint density at radius 3 is 2.55 bits per heavy atom. The maximum Gasteiger partial charge on any atom is 0.310 e. The van der Waals surface area contributed by atoms with E-state index in [1.54, 1.807) is 12.2 Å². The molecule has 1 aliphatic rings. The molecule has 3 atom stereocenters. The lowest BCUT2D eigenvalue weighted by Crippen LogP contribution is -2.30. The molecule has 1 aromatic carbocycles. The van der Waals surface area contributed by atoms with Crippen molar-refractivity contribution >= 4 is 11.8 Å². The van der Waals surface area contributed by atoms with Crippen molar-refractivity contribution in [1.82, 2.24) is 0 Å². The quantitative estimate of drug-likeness (QED) is 0.516. The molecular weight excluding hydrogens is 364 g/mol. The number of carbonyl (C=O) groups is 2. The number of Topliss-reactive ketones (excluding diaryl/α,β-unsaturated/α-hetero) is 1. The highest BCUT2D eigenvalue weighted by Gasteiger charge is 2.27. The summed E-state index contributed by atoms with van der Waals surface area (Å²) in [5.74, 6) is -1.000. The molecule has 1 saturated carbocycles. The molecule has 0 saturated heterocycles. The van der Waals surface area contributed by atoms with E-state index < -0.39 is 23.4 Å². The van der Waals surface area contributed by atoms with Gasteiger partial charge in [-0.25, -0.2) is 0 Å². The third-order valence-electron chi connectivity index (χ3n) is 5.81. The molecule has 1 aliphatic carbocycles. The lowest BCUT2D eigenvalue weighted by molar-refractivity contribution is -0.140. The predicted molar refractivity (Wildman–Crippen MR) is 116 cm³/mol. The molecule has 0 amide bonds. The Balaban J connectivity index is 1.83. The fourth-order valence-electron chi connectivity index (χ4n) is 3.82. The van der Waals surface area contributed by atoms with Crippen molar-refractivity contribution in [2.24, 2.45) is 17.3 Å². The van der Waals surface area contributed by atoms with E-state index in [1.165, 1.54) is 0 Å². The molecule has 1 aromatic rings. The number of aliphatic hydroxyl groups is 1. The Morgan fingerprint density at radius 1 is 1.21 bits per heavy atom. The number of allylic oxidation sites excluding steroid dienone is 2. The summed E-state index contributed by atoms with van der Waals surface area (Å²) in [6.45, 7) is 3.97. The molecule has 2 rings (SSSR count). The zero-order chi connectivity index (χ0) is 21.3. The third kappa shape index (κ3) is 7.62. The van der Waals surface area contributed by atoms with E-state index in [1.807, 2.05) is 56.3 Å². The van der Waals surface area contributed by atoms with Gasteiger partial charge in [-0.1, -0.05) is 68.5 Å². The number of aliphatic hydroxyl groups excluding tert-OH is 1. The van der Waals surface area contributed by atoms with Crippen LogP contribution >= 0.6 is 0 Å². The van der Waals surface area contributed by atoms with E-state index >= 15 is 0 Å². The van der Waals surface area contributed by atoms with Gasteiger partial charge in [-0.3, -0.25) is 9.59 Å². The van der Waals surface area contributed by atoms with Crippen LogP contribution in [0.15, 0.2) is 54.6 Å². The summed E-state index contributed by atoms with van der Waals surface area (Å²) in [7, 11) is 0.